The monoisotopic (exact) mass is 317 g/mol. The number of fused-ring (bicyclic) bond motifs is 1. The predicted octanol–water partition coefficient (Wildman–Crippen LogP) is 4.55. The number of rotatable bonds is 3. The Kier molecular flexibility index (Phi) is 3.87. The van der Waals surface area contributed by atoms with Gasteiger partial charge in [-0.3, -0.25) is 0 Å². The van der Waals surface area contributed by atoms with E-state index in [1.54, 1.807) is 0 Å². The number of aromatic nitrogens is 1. The average molecular weight is 317 g/mol. The second-order valence-corrected chi connectivity index (χ2v) is 6.72. The number of hydrogen-bond acceptors (Lipinski definition) is 2. The van der Waals surface area contributed by atoms with E-state index in [4.69, 9.17) is 5.73 Å². The van der Waals surface area contributed by atoms with Crippen LogP contribution in [0.4, 0.5) is 11.5 Å². The molecule has 1 aromatic heterocycles. The number of anilines is 2. The molecule has 2 aromatic carbocycles. The number of aromatic amines is 1. The van der Waals surface area contributed by atoms with Gasteiger partial charge in [0.25, 0.3) is 0 Å². The van der Waals surface area contributed by atoms with Crippen molar-refractivity contribution in [2.75, 3.05) is 5.32 Å². The molecule has 0 fully saturated rings. The van der Waals surface area contributed by atoms with E-state index < -0.39 is 0 Å². The summed E-state index contributed by atoms with van der Waals surface area (Å²) in [4.78, 5) is 3.47. The van der Waals surface area contributed by atoms with Crippen molar-refractivity contribution in [2.24, 2.45) is 5.73 Å². The van der Waals surface area contributed by atoms with Gasteiger partial charge in [0.2, 0.25) is 0 Å². The summed E-state index contributed by atoms with van der Waals surface area (Å²) < 4.78 is 0. The van der Waals surface area contributed by atoms with E-state index in [0.29, 0.717) is 0 Å². The van der Waals surface area contributed by atoms with Crippen LogP contribution in [0.25, 0.3) is 11.3 Å². The lowest BCUT2D eigenvalue weighted by atomic mass is 9.87. The fourth-order valence-corrected chi connectivity index (χ4v) is 3.45. The molecule has 4 rings (SSSR count). The zero-order valence-electron chi connectivity index (χ0n) is 14.0. The molecule has 3 nitrogen and oxygen atoms in total. The van der Waals surface area contributed by atoms with Crippen molar-refractivity contribution in [3.8, 4) is 11.3 Å². The molecule has 0 bridgehead atoms. The lowest BCUT2D eigenvalue weighted by Crippen LogP contribution is -2.28. The zero-order chi connectivity index (χ0) is 16.5. The molecule has 0 amide bonds. The number of aryl methyl sites for hydroxylation is 2. The Bertz CT molecular complexity index is 846. The van der Waals surface area contributed by atoms with E-state index in [2.05, 4.69) is 71.8 Å². The second-order valence-electron chi connectivity index (χ2n) is 6.72. The molecule has 0 radical (unpaired) electrons. The van der Waals surface area contributed by atoms with Crippen molar-refractivity contribution in [1.29, 1.82) is 0 Å². The molecular weight excluding hydrogens is 294 g/mol. The van der Waals surface area contributed by atoms with Gasteiger partial charge in [-0.1, -0.05) is 42.0 Å². The number of benzene rings is 2. The smallest absolute Gasteiger partial charge is 0.108 e. The van der Waals surface area contributed by atoms with Gasteiger partial charge in [0.05, 0.1) is 0 Å². The van der Waals surface area contributed by atoms with E-state index in [-0.39, 0.29) is 6.04 Å². The van der Waals surface area contributed by atoms with Crippen LogP contribution in [0.15, 0.2) is 54.6 Å². The highest BCUT2D eigenvalue weighted by Crippen LogP contribution is 2.30. The molecule has 1 unspecified atom stereocenters. The molecule has 122 valence electrons. The van der Waals surface area contributed by atoms with Crippen molar-refractivity contribution in [1.82, 2.24) is 4.98 Å². The van der Waals surface area contributed by atoms with Gasteiger partial charge in [0.15, 0.2) is 0 Å². The Morgan fingerprint density at radius 1 is 1.04 bits per heavy atom. The largest absolute Gasteiger partial charge is 0.342 e. The molecule has 1 atom stereocenters. The van der Waals surface area contributed by atoms with Crippen LogP contribution < -0.4 is 11.1 Å². The highest BCUT2D eigenvalue weighted by atomic mass is 15.0. The first-order valence-electron chi connectivity index (χ1n) is 8.58. The minimum absolute atomic E-state index is 0.271. The van der Waals surface area contributed by atoms with Crippen molar-refractivity contribution in [3.63, 3.8) is 0 Å². The Morgan fingerprint density at radius 3 is 2.71 bits per heavy atom. The van der Waals surface area contributed by atoms with E-state index >= 15 is 0 Å². The quantitative estimate of drug-likeness (QED) is 0.664. The standard InChI is InChI=1S/C21H23N3/c1-14-5-7-16(8-6-14)19-11-12-21(23-19)24-20-4-2-3-15-9-10-17(22)13-18(15)20/h2-8,11-12,17,23-24H,9-10,13,22H2,1H3. The summed E-state index contributed by atoms with van der Waals surface area (Å²) >= 11 is 0. The minimum atomic E-state index is 0.271. The Hall–Kier alpha value is -2.52. The maximum Gasteiger partial charge on any atom is 0.108 e. The lowest BCUT2D eigenvalue weighted by molar-refractivity contribution is 0.577. The second kappa shape index (κ2) is 6.17. The number of H-pyrrole nitrogens is 1. The highest BCUT2D eigenvalue weighted by Gasteiger charge is 2.18. The summed E-state index contributed by atoms with van der Waals surface area (Å²) in [6, 6.07) is 19.5. The molecule has 0 aliphatic heterocycles. The summed E-state index contributed by atoms with van der Waals surface area (Å²) in [6.07, 6.45) is 3.10. The third kappa shape index (κ3) is 2.95. The van der Waals surface area contributed by atoms with Crippen LogP contribution in [0.1, 0.15) is 23.1 Å². The van der Waals surface area contributed by atoms with Gasteiger partial charge in [-0.2, -0.15) is 0 Å². The van der Waals surface area contributed by atoms with Crippen molar-refractivity contribution in [2.45, 2.75) is 32.2 Å². The van der Waals surface area contributed by atoms with Crippen molar-refractivity contribution >= 4 is 11.5 Å². The van der Waals surface area contributed by atoms with E-state index in [1.165, 1.54) is 27.9 Å². The van der Waals surface area contributed by atoms with E-state index in [1.807, 2.05) is 0 Å². The normalized spacial score (nSPS) is 16.7. The van der Waals surface area contributed by atoms with Gasteiger partial charge in [-0.15, -0.1) is 0 Å². The van der Waals surface area contributed by atoms with Crippen LogP contribution in [0.5, 0.6) is 0 Å². The van der Waals surface area contributed by atoms with Gasteiger partial charge >= 0.3 is 0 Å². The molecule has 0 saturated carbocycles. The third-order valence-corrected chi connectivity index (χ3v) is 4.84. The van der Waals surface area contributed by atoms with Gasteiger partial charge in [-0.25, -0.2) is 0 Å². The molecule has 1 aliphatic rings. The average Bonchev–Trinajstić information content (AvgIpc) is 3.05. The molecule has 4 N–H and O–H groups in total. The fourth-order valence-electron chi connectivity index (χ4n) is 3.45. The third-order valence-electron chi connectivity index (χ3n) is 4.84. The van der Waals surface area contributed by atoms with Crippen LogP contribution >= 0.6 is 0 Å². The molecule has 3 heteroatoms. The van der Waals surface area contributed by atoms with Crippen molar-refractivity contribution < 1.29 is 0 Å². The van der Waals surface area contributed by atoms with E-state index in [0.717, 1.165) is 30.8 Å². The van der Waals surface area contributed by atoms with Crippen molar-refractivity contribution in [3.05, 3.63) is 71.3 Å². The SMILES string of the molecule is Cc1ccc(-c2ccc(Nc3cccc4c3CC(N)CC4)[nH]2)cc1. The van der Waals surface area contributed by atoms with Gasteiger partial charge in [0.1, 0.15) is 5.82 Å². The van der Waals surface area contributed by atoms with E-state index in [9.17, 15) is 0 Å². The van der Waals surface area contributed by atoms with Crippen LogP contribution in [0.2, 0.25) is 0 Å². The Balaban J connectivity index is 1.60. The first-order chi connectivity index (χ1) is 11.7. The number of nitrogens with one attached hydrogen (secondary N) is 2. The highest BCUT2D eigenvalue weighted by molar-refractivity contribution is 5.68. The number of hydrogen-bond donors (Lipinski definition) is 3. The summed E-state index contributed by atoms with van der Waals surface area (Å²) in [5, 5.41) is 3.54. The Morgan fingerprint density at radius 2 is 1.88 bits per heavy atom. The topological polar surface area (TPSA) is 53.8 Å². The first kappa shape index (κ1) is 15.0. The van der Waals surface area contributed by atoms with Gasteiger partial charge in [-0.05, 0) is 61.1 Å². The van der Waals surface area contributed by atoms with Crippen LogP contribution in [0.3, 0.4) is 0 Å². The van der Waals surface area contributed by atoms with Crippen LogP contribution in [-0.2, 0) is 12.8 Å². The number of nitrogens with two attached hydrogens (primary N) is 1. The maximum atomic E-state index is 6.17. The summed E-state index contributed by atoms with van der Waals surface area (Å²) in [5.74, 6) is 1.01. The maximum absolute atomic E-state index is 6.17. The zero-order valence-corrected chi connectivity index (χ0v) is 14.0. The minimum Gasteiger partial charge on any atom is -0.342 e. The first-order valence-corrected chi connectivity index (χ1v) is 8.58. The fraction of sp³-hybridized carbons (Fsp3) is 0.238. The molecular formula is C21H23N3. The summed E-state index contributed by atoms with van der Waals surface area (Å²) in [7, 11) is 0. The predicted molar refractivity (Wildman–Crippen MR) is 101 cm³/mol. The van der Waals surface area contributed by atoms with Crippen LogP contribution in [0, 0.1) is 6.92 Å². The van der Waals surface area contributed by atoms with Gasteiger partial charge < -0.3 is 16.0 Å². The summed E-state index contributed by atoms with van der Waals surface area (Å²) in [5.41, 5.74) is 13.7. The van der Waals surface area contributed by atoms with Crippen LogP contribution in [-0.4, -0.2) is 11.0 Å². The summed E-state index contributed by atoms with van der Waals surface area (Å²) in [6.45, 7) is 2.11. The Labute approximate surface area is 142 Å². The molecule has 24 heavy (non-hydrogen) atoms. The lowest BCUT2D eigenvalue weighted by Gasteiger charge is -2.24. The molecule has 0 saturated heterocycles. The molecule has 1 aliphatic carbocycles. The molecule has 3 aromatic rings. The van der Waals surface area contributed by atoms with Gasteiger partial charge in [0, 0.05) is 17.4 Å². The molecule has 1 heterocycles. The molecule has 0 spiro atoms.